The highest BCUT2D eigenvalue weighted by Gasteiger charge is 2.17. The third-order valence-corrected chi connectivity index (χ3v) is 3.94. The Kier molecular flexibility index (Phi) is 3.28. The molecule has 0 aliphatic carbocycles. The van der Waals surface area contributed by atoms with Crippen LogP contribution < -0.4 is 5.63 Å². The lowest BCUT2D eigenvalue weighted by Crippen LogP contribution is -2.05. The summed E-state index contributed by atoms with van der Waals surface area (Å²) < 4.78 is 5.55. The van der Waals surface area contributed by atoms with Crippen LogP contribution >= 0.6 is 0 Å². The SMILES string of the molecule is O=c1oc2ccccc2c(-c2ccccc2)c1-c1ccccc1. The van der Waals surface area contributed by atoms with E-state index in [-0.39, 0.29) is 5.63 Å². The molecule has 4 aromatic rings. The second-order valence-electron chi connectivity index (χ2n) is 5.37. The van der Waals surface area contributed by atoms with Gasteiger partial charge in [0.2, 0.25) is 0 Å². The van der Waals surface area contributed by atoms with E-state index in [0.717, 1.165) is 22.1 Å². The second kappa shape index (κ2) is 5.58. The van der Waals surface area contributed by atoms with Crippen molar-refractivity contribution in [1.29, 1.82) is 0 Å². The molecule has 23 heavy (non-hydrogen) atoms. The predicted molar refractivity (Wildman–Crippen MR) is 93.4 cm³/mol. The molecule has 0 fully saturated rings. The summed E-state index contributed by atoms with van der Waals surface area (Å²) in [5.74, 6) is 0. The molecule has 0 bridgehead atoms. The summed E-state index contributed by atoms with van der Waals surface area (Å²) in [5.41, 5.74) is 3.70. The topological polar surface area (TPSA) is 30.2 Å². The van der Waals surface area contributed by atoms with Crippen LogP contribution in [0.15, 0.2) is 94.1 Å². The van der Waals surface area contributed by atoms with Crippen molar-refractivity contribution in [3.8, 4) is 22.3 Å². The van der Waals surface area contributed by atoms with E-state index in [2.05, 4.69) is 0 Å². The van der Waals surface area contributed by atoms with Crippen molar-refractivity contribution in [3.63, 3.8) is 0 Å². The minimum Gasteiger partial charge on any atom is -0.422 e. The molecule has 2 nitrogen and oxygen atoms in total. The van der Waals surface area contributed by atoms with E-state index in [1.54, 1.807) is 0 Å². The molecule has 0 saturated heterocycles. The molecular formula is C21H14O2. The van der Waals surface area contributed by atoms with Gasteiger partial charge in [-0.15, -0.1) is 0 Å². The van der Waals surface area contributed by atoms with Crippen LogP contribution in [-0.4, -0.2) is 0 Å². The molecule has 0 atom stereocenters. The molecular weight excluding hydrogens is 284 g/mol. The first kappa shape index (κ1) is 13.5. The van der Waals surface area contributed by atoms with Crippen molar-refractivity contribution in [1.82, 2.24) is 0 Å². The van der Waals surface area contributed by atoms with Crippen LogP contribution in [0.5, 0.6) is 0 Å². The van der Waals surface area contributed by atoms with Crippen LogP contribution in [0.3, 0.4) is 0 Å². The Morgan fingerprint density at radius 2 is 1.09 bits per heavy atom. The Labute approximate surface area is 133 Å². The molecule has 2 heteroatoms. The Morgan fingerprint density at radius 1 is 0.565 bits per heavy atom. The summed E-state index contributed by atoms with van der Waals surface area (Å²) in [4.78, 5) is 12.7. The van der Waals surface area contributed by atoms with Gasteiger partial charge in [0.1, 0.15) is 5.58 Å². The third-order valence-electron chi connectivity index (χ3n) is 3.94. The molecule has 1 heterocycles. The Hall–Kier alpha value is -3.13. The van der Waals surface area contributed by atoms with Crippen molar-refractivity contribution in [2.45, 2.75) is 0 Å². The highest BCUT2D eigenvalue weighted by molar-refractivity contribution is 6.00. The fraction of sp³-hybridized carbons (Fsp3) is 0. The summed E-state index contributed by atoms with van der Waals surface area (Å²) in [6.45, 7) is 0. The third kappa shape index (κ3) is 2.34. The summed E-state index contributed by atoms with van der Waals surface area (Å²) in [6, 6.07) is 27.3. The number of hydrogen-bond acceptors (Lipinski definition) is 2. The van der Waals surface area contributed by atoms with Crippen molar-refractivity contribution in [2.24, 2.45) is 0 Å². The van der Waals surface area contributed by atoms with Gasteiger partial charge in [-0.2, -0.15) is 0 Å². The molecule has 0 spiro atoms. The van der Waals surface area contributed by atoms with Gasteiger partial charge in [0.25, 0.3) is 0 Å². The van der Waals surface area contributed by atoms with Gasteiger partial charge >= 0.3 is 5.63 Å². The van der Waals surface area contributed by atoms with Gasteiger partial charge in [0.05, 0.1) is 5.56 Å². The first-order chi connectivity index (χ1) is 11.3. The van der Waals surface area contributed by atoms with Crippen molar-refractivity contribution in [2.75, 3.05) is 0 Å². The van der Waals surface area contributed by atoms with Crippen LogP contribution in [0, 0.1) is 0 Å². The Balaban J connectivity index is 2.18. The van der Waals surface area contributed by atoms with E-state index in [1.807, 2.05) is 84.9 Å². The van der Waals surface area contributed by atoms with Gasteiger partial charge in [-0.25, -0.2) is 4.79 Å². The standard InChI is InChI=1S/C21H14O2/c22-21-20(16-11-5-2-6-12-16)19(15-9-3-1-4-10-15)17-13-7-8-14-18(17)23-21/h1-14H. The molecule has 0 radical (unpaired) electrons. The van der Waals surface area contributed by atoms with E-state index in [0.29, 0.717) is 11.1 Å². The molecule has 0 amide bonds. The minimum atomic E-state index is -0.311. The second-order valence-corrected chi connectivity index (χ2v) is 5.37. The number of rotatable bonds is 2. The molecule has 3 aromatic carbocycles. The number of benzene rings is 3. The van der Waals surface area contributed by atoms with Gasteiger partial charge < -0.3 is 4.42 Å². The molecule has 0 aliphatic rings. The molecule has 0 unspecified atom stereocenters. The highest BCUT2D eigenvalue weighted by Crippen LogP contribution is 2.35. The molecule has 0 saturated carbocycles. The largest absolute Gasteiger partial charge is 0.422 e. The van der Waals surface area contributed by atoms with Crippen LogP contribution in [0.1, 0.15) is 0 Å². The lowest BCUT2D eigenvalue weighted by atomic mass is 9.93. The quantitative estimate of drug-likeness (QED) is 0.480. The average Bonchev–Trinajstić information content (AvgIpc) is 2.62. The zero-order chi connectivity index (χ0) is 15.6. The van der Waals surface area contributed by atoms with Crippen molar-refractivity contribution >= 4 is 11.0 Å². The van der Waals surface area contributed by atoms with E-state index in [1.165, 1.54) is 0 Å². The average molecular weight is 298 g/mol. The number of para-hydroxylation sites is 1. The molecule has 110 valence electrons. The molecule has 1 aromatic heterocycles. The van der Waals surface area contributed by atoms with Crippen LogP contribution in [0.2, 0.25) is 0 Å². The molecule has 0 aliphatic heterocycles. The van der Waals surface area contributed by atoms with Gasteiger partial charge in [-0.3, -0.25) is 0 Å². The van der Waals surface area contributed by atoms with Crippen LogP contribution in [-0.2, 0) is 0 Å². The van der Waals surface area contributed by atoms with E-state index in [9.17, 15) is 4.79 Å². The summed E-state index contributed by atoms with van der Waals surface area (Å²) in [7, 11) is 0. The maximum Gasteiger partial charge on any atom is 0.344 e. The zero-order valence-electron chi connectivity index (χ0n) is 12.4. The summed E-state index contributed by atoms with van der Waals surface area (Å²) in [5, 5.41) is 0.942. The Bertz CT molecular complexity index is 1020. The number of hydrogen-bond donors (Lipinski definition) is 0. The van der Waals surface area contributed by atoms with E-state index >= 15 is 0 Å². The molecule has 0 N–H and O–H groups in total. The number of fused-ring (bicyclic) bond motifs is 1. The predicted octanol–water partition coefficient (Wildman–Crippen LogP) is 5.13. The van der Waals surface area contributed by atoms with Gasteiger partial charge in [-0.1, -0.05) is 78.9 Å². The van der Waals surface area contributed by atoms with E-state index in [4.69, 9.17) is 4.42 Å². The smallest absolute Gasteiger partial charge is 0.344 e. The van der Waals surface area contributed by atoms with Gasteiger partial charge in [0, 0.05) is 10.9 Å². The maximum absolute atomic E-state index is 12.7. The lowest BCUT2D eigenvalue weighted by Gasteiger charge is -2.12. The highest BCUT2D eigenvalue weighted by atomic mass is 16.4. The van der Waals surface area contributed by atoms with Gasteiger partial charge in [0.15, 0.2) is 0 Å². The Morgan fingerprint density at radius 3 is 1.74 bits per heavy atom. The minimum absolute atomic E-state index is 0.311. The maximum atomic E-state index is 12.7. The fourth-order valence-electron chi connectivity index (χ4n) is 2.92. The fourth-order valence-corrected chi connectivity index (χ4v) is 2.92. The normalized spacial score (nSPS) is 10.8. The zero-order valence-corrected chi connectivity index (χ0v) is 12.4. The first-order valence-corrected chi connectivity index (χ1v) is 7.51. The van der Waals surface area contributed by atoms with Crippen molar-refractivity contribution < 1.29 is 4.42 Å². The molecule has 4 rings (SSSR count). The monoisotopic (exact) mass is 298 g/mol. The van der Waals surface area contributed by atoms with E-state index < -0.39 is 0 Å². The summed E-state index contributed by atoms with van der Waals surface area (Å²) >= 11 is 0. The summed E-state index contributed by atoms with van der Waals surface area (Å²) in [6.07, 6.45) is 0. The van der Waals surface area contributed by atoms with Gasteiger partial charge in [-0.05, 0) is 17.2 Å². The van der Waals surface area contributed by atoms with Crippen molar-refractivity contribution in [3.05, 3.63) is 95.3 Å². The van der Waals surface area contributed by atoms with Crippen LogP contribution in [0.25, 0.3) is 33.2 Å². The lowest BCUT2D eigenvalue weighted by molar-refractivity contribution is 0.564. The first-order valence-electron chi connectivity index (χ1n) is 7.51. The van der Waals surface area contributed by atoms with Crippen LogP contribution in [0.4, 0.5) is 0 Å².